The molecule has 0 radical (unpaired) electrons. The first-order valence-corrected chi connectivity index (χ1v) is 6.30. The lowest BCUT2D eigenvalue weighted by Crippen LogP contribution is -2.23. The van der Waals surface area contributed by atoms with Gasteiger partial charge in [-0.25, -0.2) is 4.79 Å². The molecular formula is C15H15N3O. The molecule has 0 aliphatic heterocycles. The SMILES string of the molecule is Cn1c(=O)n(CCc2cccnc2)c2ccccc21. The van der Waals surface area contributed by atoms with Crippen molar-refractivity contribution in [2.75, 3.05) is 0 Å². The molecule has 0 saturated heterocycles. The third kappa shape index (κ3) is 2.05. The maximum absolute atomic E-state index is 12.2. The minimum absolute atomic E-state index is 0.0325. The summed E-state index contributed by atoms with van der Waals surface area (Å²) in [6.45, 7) is 0.673. The van der Waals surface area contributed by atoms with Gasteiger partial charge in [0.1, 0.15) is 0 Å². The zero-order valence-corrected chi connectivity index (χ0v) is 10.8. The summed E-state index contributed by atoms with van der Waals surface area (Å²) in [4.78, 5) is 16.3. The van der Waals surface area contributed by atoms with Crippen LogP contribution in [0.25, 0.3) is 11.0 Å². The lowest BCUT2D eigenvalue weighted by Gasteiger charge is -2.03. The largest absolute Gasteiger partial charge is 0.328 e. The van der Waals surface area contributed by atoms with Crippen molar-refractivity contribution in [1.29, 1.82) is 0 Å². The first-order chi connectivity index (χ1) is 9.27. The highest BCUT2D eigenvalue weighted by Gasteiger charge is 2.09. The van der Waals surface area contributed by atoms with Crippen molar-refractivity contribution < 1.29 is 0 Å². The number of hydrogen-bond donors (Lipinski definition) is 0. The van der Waals surface area contributed by atoms with E-state index in [1.165, 1.54) is 0 Å². The van der Waals surface area contributed by atoms with Gasteiger partial charge in [0, 0.05) is 26.0 Å². The molecule has 2 heterocycles. The van der Waals surface area contributed by atoms with Gasteiger partial charge >= 0.3 is 5.69 Å². The molecule has 0 atom stereocenters. The molecule has 4 heteroatoms. The smallest absolute Gasteiger partial charge is 0.295 e. The number of aromatic nitrogens is 3. The molecule has 0 aliphatic rings. The maximum Gasteiger partial charge on any atom is 0.328 e. The molecule has 2 aromatic heterocycles. The third-order valence-electron chi connectivity index (χ3n) is 3.40. The highest BCUT2D eigenvalue weighted by Crippen LogP contribution is 2.12. The summed E-state index contributed by atoms with van der Waals surface area (Å²) in [6, 6.07) is 11.8. The number of imidazole rings is 1. The molecule has 1 aromatic carbocycles. The normalized spacial score (nSPS) is 11.0. The van der Waals surface area contributed by atoms with Crippen LogP contribution in [0.5, 0.6) is 0 Å². The highest BCUT2D eigenvalue weighted by atomic mass is 16.1. The van der Waals surface area contributed by atoms with Crippen molar-refractivity contribution in [3.63, 3.8) is 0 Å². The molecule has 0 fully saturated rings. The Hall–Kier alpha value is -2.36. The Labute approximate surface area is 110 Å². The van der Waals surface area contributed by atoms with E-state index in [4.69, 9.17) is 0 Å². The van der Waals surface area contributed by atoms with Gasteiger partial charge < -0.3 is 0 Å². The average Bonchev–Trinajstić information content (AvgIpc) is 2.71. The van der Waals surface area contributed by atoms with E-state index in [1.54, 1.807) is 10.8 Å². The summed E-state index contributed by atoms with van der Waals surface area (Å²) < 4.78 is 3.51. The minimum atomic E-state index is 0.0325. The van der Waals surface area contributed by atoms with E-state index in [-0.39, 0.29) is 5.69 Å². The number of aryl methyl sites for hydroxylation is 3. The summed E-state index contributed by atoms with van der Waals surface area (Å²) in [7, 11) is 1.81. The fourth-order valence-corrected chi connectivity index (χ4v) is 2.37. The lowest BCUT2D eigenvalue weighted by molar-refractivity contribution is 0.664. The van der Waals surface area contributed by atoms with Gasteiger partial charge in [-0.2, -0.15) is 0 Å². The molecule has 3 rings (SSSR count). The Kier molecular flexibility index (Phi) is 2.91. The zero-order valence-electron chi connectivity index (χ0n) is 10.8. The highest BCUT2D eigenvalue weighted by molar-refractivity contribution is 5.75. The van der Waals surface area contributed by atoms with Crippen LogP contribution in [0.15, 0.2) is 53.6 Å². The fraction of sp³-hybridized carbons (Fsp3) is 0.200. The summed E-state index contributed by atoms with van der Waals surface area (Å²) in [5.74, 6) is 0. The standard InChI is InChI=1S/C15H15N3O/c1-17-13-6-2-3-7-14(13)18(15(17)19)10-8-12-5-4-9-16-11-12/h2-7,9,11H,8,10H2,1H3. The molecule has 0 unspecified atom stereocenters. The fourth-order valence-electron chi connectivity index (χ4n) is 2.37. The van der Waals surface area contributed by atoms with Crippen LogP contribution in [-0.4, -0.2) is 14.1 Å². The van der Waals surface area contributed by atoms with Crippen LogP contribution in [0.3, 0.4) is 0 Å². The molecule has 96 valence electrons. The summed E-state index contributed by atoms with van der Waals surface area (Å²) in [5.41, 5.74) is 3.13. The van der Waals surface area contributed by atoms with Gasteiger partial charge in [0.05, 0.1) is 11.0 Å². The minimum Gasteiger partial charge on any atom is -0.295 e. The van der Waals surface area contributed by atoms with Crippen molar-refractivity contribution in [1.82, 2.24) is 14.1 Å². The molecule has 0 N–H and O–H groups in total. The maximum atomic E-state index is 12.2. The number of para-hydroxylation sites is 2. The van der Waals surface area contributed by atoms with E-state index in [2.05, 4.69) is 4.98 Å². The van der Waals surface area contributed by atoms with Gasteiger partial charge in [-0.15, -0.1) is 0 Å². The van der Waals surface area contributed by atoms with Crippen molar-refractivity contribution in [3.05, 3.63) is 64.8 Å². The van der Waals surface area contributed by atoms with E-state index in [1.807, 2.05) is 54.2 Å². The van der Waals surface area contributed by atoms with Gasteiger partial charge in [-0.3, -0.25) is 14.1 Å². The van der Waals surface area contributed by atoms with E-state index in [0.717, 1.165) is 23.0 Å². The molecule has 0 aliphatic carbocycles. The van der Waals surface area contributed by atoms with Crippen molar-refractivity contribution in [2.45, 2.75) is 13.0 Å². The number of pyridine rings is 1. The first-order valence-electron chi connectivity index (χ1n) is 6.30. The van der Waals surface area contributed by atoms with Crippen molar-refractivity contribution in [2.24, 2.45) is 7.05 Å². The number of fused-ring (bicyclic) bond motifs is 1. The summed E-state index contributed by atoms with van der Waals surface area (Å²) >= 11 is 0. The van der Waals surface area contributed by atoms with Crippen LogP contribution in [0.2, 0.25) is 0 Å². The van der Waals surface area contributed by atoms with Gasteiger partial charge in [0.15, 0.2) is 0 Å². The molecule has 0 spiro atoms. The first kappa shape index (κ1) is 11.7. The van der Waals surface area contributed by atoms with Gasteiger partial charge in [0.2, 0.25) is 0 Å². The van der Waals surface area contributed by atoms with E-state index in [0.29, 0.717) is 6.54 Å². The van der Waals surface area contributed by atoms with Crippen LogP contribution in [0, 0.1) is 0 Å². The molecule has 19 heavy (non-hydrogen) atoms. The third-order valence-corrected chi connectivity index (χ3v) is 3.40. The Bertz CT molecular complexity index is 756. The van der Waals surface area contributed by atoms with Crippen molar-refractivity contribution >= 4 is 11.0 Å². The van der Waals surface area contributed by atoms with Gasteiger partial charge in [0.25, 0.3) is 0 Å². The molecule has 3 aromatic rings. The second-order valence-corrected chi connectivity index (χ2v) is 4.59. The summed E-state index contributed by atoms with van der Waals surface area (Å²) in [6.07, 6.45) is 4.41. The number of benzene rings is 1. The molecule has 0 saturated carbocycles. The Morgan fingerprint density at radius 2 is 1.89 bits per heavy atom. The Morgan fingerprint density at radius 3 is 2.63 bits per heavy atom. The van der Waals surface area contributed by atoms with E-state index >= 15 is 0 Å². The second-order valence-electron chi connectivity index (χ2n) is 4.59. The van der Waals surface area contributed by atoms with Gasteiger partial charge in [-0.1, -0.05) is 18.2 Å². The molecule has 0 bridgehead atoms. The van der Waals surface area contributed by atoms with Crippen molar-refractivity contribution in [3.8, 4) is 0 Å². The number of hydrogen-bond acceptors (Lipinski definition) is 2. The summed E-state index contributed by atoms with van der Waals surface area (Å²) in [5, 5.41) is 0. The topological polar surface area (TPSA) is 39.8 Å². The second kappa shape index (κ2) is 4.72. The number of nitrogens with zero attached hydrogens (tertiary/aromatic N) is 3. The predicted octanol–water partition coefficient (Wildman–Crippen LogP) is 1.98. The average molecular weight is 253 g/mol. The van der Waals surface area contributed by atoms with Crippen LogP contribution in [-0.2, 0) is 20.0 Å². The molecule has 4 nitrogen and oxygen atoms in total. The van der Waals surface area contributed by atoms with Gasteiger partial charge in [-0.05, 0) is 30.2 Å². The molecule has 0 amide bonds. The monoisotopic (exact) mass is 253 g/mol. The van der Waals surface area contributed by atoms with E-state index in [9.17, 15) is 4.79 Å². The predicted molar refractivity (Wildman–Crippen MR) is 75.1 cm³/mol. The van der Waals surface area contributed by atoms with Crippen LogP contribution in [0.1, 0.15) is 5.56 Å². The lowest BCUT2D eigenvalue weighted by atomic mass is 10.2. The Morgan fingerprint density at radius 1 is 1.11 bits per heavy atom. The molecular weight excluding hydrogens is 238 g/mol. The van der Waals surface area contributed by atoms with Crippen LogP contribution in [0.4, 0.5) is 0 Å². The Balaban J connectivity index is 1.97. The van der Waals surface area contributed by atoms with Crippen LogP contribution >= 0.6 is 0 Å². The number of rotatable bonds is 3. The zero-order chi connectivity index (χ0) is 13.2. The van der Waals surface area contributed by atoms with E-state index < -0.39 is 0 Å². The quantitative estimate of drug-likeness (QED) is 0.716. The van der Waals surface area contributed by atoms with Crippen LogP contribution < -0.4 is 5.69 Å².